The van der Waals surface area contributed by atoms with Gasteiger partial charge in [-0.25, -0.2) is 4.39 Å². The molecule has 1 aromatic heterocycles. The Balaban J connectivity index is 1.65. The standard InChI is InChI=1S/C19H20FN3OS/c1-24-18-5-3-14(11-17(18)23-8-6-21-7-9-23)25-19-12-22-16-10-13(20)2-4-15(16)19/h2-5,10-12,21-22H,6-9H2,1H3. The fourth-order valence-corrected chi connectivity index (χ4v) is 4.14. The summed E-state index contributed by atoms with van der Waals surface area (Å²) in [6.45, 7) is 3.90. The molecule has 0 saturated carbocycles. The molecule has 1 fully saturated rings. The lowest BCUT2D eigenvalue weighted by Gasteiger charge is -2.30. The number of rotatable bonds is 4. The highest BCUT2D eigenvalue weighted by Crippen LogP contribution is 2.38. The van der Waals surface area contributed by atoms with Crippen LogP contribution in [0.4, 0.5) is 10.1 Å². The van der Waals surface area contributed by atoms with E-state index in [0.717, 1.165) is 58.3 Å². The van der Waals surface area contributed by atoms with Crippen LogP contribution in [0.25, 0.3) is 10.9 Å². The summed E-state index contributed by atoms with van der Waals surface area (Å²) < 4.78 is 18.9. The van der Waals surface area contributed by atoms with Crippen molar-refractivity contribution in [2.24, 2.45) is 0 Å². The number of hydrogen-bond donors (Lipinski definition) is 2. The number of aromatic nitrogens is 1. The van der Waals surface area contributed by atoms with Gasteiger partial charge in [-0.3, -0.25) is 0 Å². The van der Waals surface area contributed by atoms with E-state index in [4.69, 9.17) is 4.74 Å². The molecule has 2 heterocycles. The molecule has 130 valence electrons. The maximum atomic E-state index is 13.4. The van der Waals surface area contributed by atoms with Gasteiger partial charge < -0.3 is 19.9 Å². The van der Waals surface area contributed by atoms with Crippen LogP contribution in [0.15, 0.2) is 52.4 Å². The van der Waals surface area contributed by atoms with Crippen molar-refractivity contribution in [1.82, 2.24) is 10.3 Å². The van der Waals surface area contributed by atoms with E-state index >= 15 is 0 Å². The van der Waals surface area contributed by atoms with Gasteiger partial charge in [-0.05, 0) is 36.4 Å². The largest absolute Gasteiger partial charge is 0.495 e. The summed E-state index contributed by atoms with van der Waals surface area (Å²) in [7, 11) is 1.71. The Labute approximate surface area is 150 Å². The van der Waals surface area contributed by atoms with E-state index in [2.05, 4.69) is 27.3 Å². The third kappa shape index (κ3) is 3.32. The number of hydrogen-bond acceptors (Lipinski definition) is 4. The van der Waals surface area contributed by atoms with E-state index in [1.165, 1.54) is 12.1 Å². The number of methoxy groups -OCH3 is 1. The number of H-pyrrole nitrogens is 1. The van der Waals surface area contributed by atoms with Gasteiger partial charge in [-0.1, -0.05) is 11.8 Å². The molecule has 1 aliphatic heterocycles. The second-order valence-electron chi connectivity index (χ2n) is 6.02. The van der Waals surface area contributed by atoms with E-state index in [1.807, 2.05) is 18.3 Å². The van der Waals surface area contributed by atoms with E-state index in [0.29, 0.717) is 0 Å². The SMILES string of the molecule is COc1ccc(Sc2c[nH]c3cc(F)ccc23)cc1N1CCNCC1. The maximum absolute atomic E-state index is 13.4. The van der Waals surface area contributed by atoms with Crippen molar-refractivity contribution in [3.8, 4) is 5.75 Å². The number of aromatic amines is 1. The summed E-state index contributed by atoms with van der Waals surface area (Å²) in [4.78, 5) is 7.72. The van der Waals surface area contributed by atoms with Gasteiger partial charge in [-0.2, -0.15) is 0 Å². The number of halogens is 1. The van der Waals surface area contributed by atoms with Crippen LogP contribution in [0, 0.1) is 5.82 Å². The molecule has 2 N–H and O–H groups in total. The summed E-state index contributed by atoms with van der Waals surface area (Å²) in [5, 5.41) is 4.41. The first-order valence-electron chi connectivity index (χ1n) is 8.33. The van der Waals surface area contributed by atoms with Crippen molar-refractivity contribution in [2.45, 2.75) is 9.79 Å². The van der Waals surface area contributed by atoms with Crippen LogP contribution in [0.3, 0.4) is 0 Å². The van der Waals surface area contributed by atoms with Crippen molar-refractivity contribution in [1.29, 1.82) is 0 Å². The topological polar surface area (TPSA) is 40.3 Å². The first kappa shape index (κ1) is 16.3. The lowest BCUT2D eigenvalue weighted by Crippen LogP contribution is -2.43. The van der Waals surface area contributed by atoms with E-state index in [9.17, 15) is 4.39 Å². The molecule has 0 aliphatic carbocycles. The number of piperazine rings is 1. The Bertz CT molecular complexity index is 890. The highest BCUT2D eigenvalue weighted by atomic mass is 32.2. The summed E-state index contributed by atoms with van der Waals surface area (Å²) in [6, 6.07) is 11.1. The smallest absolute Gasteiger partial charge is 0.142 e. The summed E-state index contributed by atoms with van der Waals surface area (Å²) in [6.07, 6.45) is 1.93. The Morgan fingerprint density at radius 1 is 1.12 bits per heavy atom. The van der Waals surface area contributed by atoms with Gasteiger partial charge in [0.1, 0.15) is 11.6 Å². The second-order valence-corrected chi connectivity index (χ2v) is 7.13. The van der Waals surface area contributed by atoms with Gasteiger partial charge in [-0.15, -0.1) is 0 Å². The fraction of sp³-hybridized carbons (Fsp3) is 0.263. The number of ether oxygens (including phenoxy) is 1. The molecular weight excluding hydrogens is 337 g/mol. The number of nitrogens with one attached hydrogen (secondary N) is 2. The van der Waals surface area contributed by atoms with Crippen LogP contribution in [0.1, 0.15) is 0 Å². The lowest BCUT2D eigenvalue weighted by molar-refractivity contribution is 0.412. The van der Waals surface area contributed by atoms with Crippen LogP contribution in [0.5, 0.6) is 5.75 Å². The molecule has 2 aromatic carbocycles. The van der Waals surface area contributed by atoms with Crippen molar-refractivity contribution in [2.75, 3.05) is 38.2 Å². The lowest BCUT2D eigenvalue weighted by atomic mass is 10.2. The van der Waals surface area contributed by atoms with Gasteiger partial charge >= 0.3 is 0 Å². The van der Waals surface area contributed by atoms with Crippen molar-refractivity contribution < 1.29 is 9.13 Å². The predicted octanol–water partition coefficient (Wildman–Crippen LogP) is 3.88. The van der Waals surface area contributed by atoms with Crippen molar-refractivity contribution in [3.63, 3.8) is 0 Å². The molecule has 1 saturated heterocycles. The number of benzene rings is 2. The highest BCUT2D eigenvalue weighted by Gasteiger charge is 2.16. The van der Waals surface area contributed by atoms with Gasteiger partial charge in [0.2, 0.25) is 0 Å². The third-order valence-corrected chi connectivity index (χ3v) is 5.49. The molecule has 0 amide bonds. The van der Waals surface area contributed by atoms with E-state index in [-0.39, 0.29) is 5.82 Å². The predicted molar refractivity (Wildman–Crippen MR) is 100 cm³/mol. The third-order valence-electron chi connectivity index (χ3n) is 4.44. The van der Waals surface area contributed by atoms with Crippen LogP contribution in [-0.2, 0) is 0 Å². The second kappa shape index (κ2) is 6.98. The summed E-state index contributed by atoms with van der Waals surface area (Å²) in [5.74, 6) is 0.670. The van der Waals surface area contributed by atoms with Crippen molar-refractivity contribution in [3.05, 3.63) is 48.4 Å². The molecule has 3 aromatic rings. The van der Waals surface area contributed by atoms with Gasteiger partial charge in [0, 0.05) is 53.1 Å². The first-order valence-corrected chi connectivity index (χ1v) is 9.14. The molecule has 0 radical (unpaired) electrons. The minimum atomic E-state index is -0.226. The molecule has 0 bridgehead atoms. The quantitative estimate of drug-likeness (QED) is 0.744. The summed E-state index contributed by atoms with van der Waals surface area (Å²) >= 11 is 1.68. The molecule has 1 aliphatic rings. The first-order chi connectivity index (χ1) is 12.2. The Morgan fingerprint density at radius 3 is 2.76 bits per heavy atom. The maximum Gasteiger partial charge on any atom is 0.142 e. The zero-order valence-corrected chi connectivity index (χ0v) is 14.8. The van der Waals surface area contributed by atoms with Crippen LogP contribution < -0.4 is 15.0 Å². The molecule has 4 nitrogen and oxygen atoms in total. The average Bonchev–Trinajstić information content (AvgIpc) is 3.04. The molecular formula is C19H20FN3OS. The van der Waals surface area contributed by atoms with E-state index < -0.39 is 0 Å². The van der Waals surface area contributed by atoms with E-state index in [1.54, 1.807) is 18.9 Å². The molecule has 0 spiro atoms. The number of fused-ring (bicyclic) bond motifs is 1. The monoisotopic (exact) mass is 357 g/mol. The zero-order chi connectivity index (χ0) is 17.2. The number of anilines is 1. The van der Waals surface area contributed by atoms with Crippen LogP contribution >= 0.6 is 11.8 Å². The molecule has 0 atom stereocenters. The van der Waals surface area contributed by atoms with Crippen LogP contribution in [0.2, 0.25) is 0 Å². The molecule has 0 unspecified atom stereocenters. The Kier molecular flexibility index (Phi) is 4.55. The highest BCUT2D eigenvalue weighted by molar-refractivity contribution is 7.99. The number of nitrogens with zero attached hydrogens (tertiary/aromatic N) is 1. The van der Waals surface area contributed by atoms with Gasteiger partial charge in [0.25, 0.3) is 0 Å². The minimum Gasteiger partial charge on any atom is -0.495 e. The Morgan fingerprint density at radius 2 is 1.96 bits per heavy atom. The Hall–Kier alpha value is -2.18. The fourth-order valence-electron chi connectivity index (χ4n) is 3.17. The van der Waals surface area contributed by atoms with Crippen molar-refractivity contribution >= 4 is 28.4 Å². The molecule has 4 rings (SSSR count). The molecule has 6 heteroatoms. The minimum absolute atomic E-state index is 0.226. The average molecular weight is 357 g/mol. The normalized spacial score (nSPS) is 14.9. The van der Waals surface area contributed by atoms with Crippen LogP contribution in [-0.4, -0.2) is 38.3 Å². The van der Waals surface area contributed by atoms with Gasteiger partial charge in [0.05, 0.1) is 12.8 Å². The molecule has 25 heavy (non-hydrogen) atoms. The summed E-state index contributed by atoms with van der Waals surface area (Å²) in [5.41, 5.74) is 1.94. The van der Waals surface area contributed by atoms with Gasteiger partial charge in [0.15, 0.2) is 0 Å². The zero-order valence-electron chi connectivity index (χ0n) is 14.0.